The van der Waals surface area contributed by atoms with E-state index in [1.54, 1.807) is 0 Å². The maximum Gasteiger partial charge on any atom is 0.472 e. The van der Waals surface area contributed by atoms with Crippen molar-refractivity contribution in [1.82, 2.24) is 0 Å². The predicted molar refractivity (Wildman–Crippen MR) is 437 cm³/mol. The van der Waals surface area contributed by atoms with Crippen LogP contribution in [0, 0.1) is 17.8 Å². The van der Waals surface area contributed by atoms with E-state index >= 15 is 0 Å². The SMILES string of the molecule is CCCCCCCCCCCCCCCCCCCCCCCCC(=O)O[C@H](COC(=O)CCCCCCCCCCCCCCCCC(C)CC)COP(=O)(O)OC[C@@H](O)COP(=O)(O)OC[C@@H](COC(=O)CCCCCCCCCCC(C)CC)OC(=O)CCCCCCCCCCCCCC(C)C. The third kappa shape index (κ3) is 77.4. The fraction of sp³-hybridized carbons (Fsp3) is 0.954. The summed E-state index contributed by atoms with van der Waals surface area (Å²) in [5.41, 5.74) is 0. The summed E-state index contributed by atoms with van der Waals surface area (Å²) >= 11 is 0. The highest BCUT2D eigenvalue weighted by Crippen LogP contribution is 2.45. The van der Waals surface area contributed by atoms with Crippen molar-refractivity contribution in [2.45, 2.75) is 478 Å². The maximum atomic E-state index is 13.2. The van der Waals surface area contributed by atoms with E-state index in [4.69, 9.17) is 37.0 Å². The highest BCUT2D eigenvalue weighted by Gasteiger charge is 2.31. The molecule has 7 atom stereocenters. The second-order valence-corrected chi connectivity index (χ2v) is 35.1. The van der Waals surface area contributed by atoms with Crippen molar-refractivity contribution in [2.75, 3.05) is 39.6 Å². The molecule has 4 unspecified atom stereocenters. The number of unbranched alkanes of at least 4 members (excludes halogenated alkanes) is 51. The summed E-state index contributed by atoms with van der Waals surface area (Å²) in [6, 6.07) is 0. The van der Waals surface area contributed by atoms with Crippen LogP contribution >= 0.6 is 15.6 Å². The molecule has 17 nitrogen and oxygen atoms in total. The van der Waals surface area contributed by atoms with Crippen LogP contribution in [-0.4, -0.2) is 96.7 Å². The van der Waals surface area contributed by atoms with Gasteiger partial charge in [-0.1, -0.05) is 408 Å². The van der Waals surface area contributed by atoms with Crippen molar-refractivity contribution >= 4 is 39.5 Å². The van der Waals surface area contributed by atoms with Crippen LogP contribution in [0.4, 0.5) is 0 Å². The molecule has 106 heavy (non-hydrogen) atoms. The standard InChI is InChI=1S/C87H170O17P2/c1-8-11-12-13-14-15-16-17-18-19-20-21-22-23-24-25-30-35-40-49-56-63-70-86(91)103-82(74-97-84(89)68-61-54-47-39-34-29-27-26-28-33-38-45-52-59-66-79(6)9-2)76-101-105(93,94)99-72-81(88)73-100-106(95,96)102-77-83(75-98-85(90)69-62-55-48-43-42-46-53-60-67-80(7)10-3)104-87(92)71-64-57-50-41-36-31-32-37-44-51-58-65-78(4)5/h78-83,88H,8-77H2,1-7H3,(H,93,94)(H,95,96)/t79?,80?,81-,82-,83-/m1/s1. The minimum absolute atomic E-state index is 0.106. The summed E-state index contributed by atoms with van der Waals surface area (Å²) in [4.78, 5) is 73.3. The summed E-state index contributed by atoms with van der Waals surface area (Å²) in [6.45, 7) is 12.0. The summed E-state index contributed by atoms with van der Waals surface area (Å²) in [6.07, 6.45) is 68.0. The Morgan fingerprint density at radius 2 is 0.481 bits per heavy atom. The Kier molecular flexibility index (Phi) is 75.6. The van der Waals surface area contributed by atoms with Gasteiger partial charge in [-0.3, -0.25) is 37.3 Å². The predicted octanol–water partition coefficient (Wildman–Crippen LogP) is 26.5. The lowest BCUT2D eigenvalue weighted by Crippen LogP contribution is -2.30. The topological polar surface area (TPSA) is 237 Å². The van der Waals surface area contributed by atoms with Gasteiger partial charge in [0.15, 0.2) is 12.2 Å². The minimum atomic E-state index is -4.97. The Morgan fingerprint density at radius 3 is 0.717 bits per heavy atom. The first-order chi connectivity index (χ1) is 51.3. The van der Waals surface area contributed by atoms with Gasteiger partial charge in [-0.15, -0.1) is 0 Å². The molecule has 0 bridgehead atoms. The molecule has 0 heterocycles. The first-order valence-electron chi connectivity index (χ1n) is 44.9. The zero-order valence-electron chi connectivity index (χ0n) is 69.9. The molecule has 0 spiro atoms. The van der Waals surface area contributed by atoms with E-state index in [2.05, 4.69) is 48.5 Å². The highest BCUT2D eigenvalue weighted by atomic mass is 31.2. The van der Waals surface area contributed by atoms with Crippen molar-refractivity contribution in [1.29, 1.82) is 0 Å². The second-order valence-electron chi connectivity index (χ2n) is 32.2. The maximum absolute atomic E-state index is 13.2. The number of rotatable bonds is 85. The number of phosphoric ester groups is 2. The van der Waals surface area contributed by atoms with Crippen LogP contribution in [0.1, 0.15) is 459 Å². The number of aliphatic hydroxyl groups excluding tert-OH is 1. The van der Waals surface area contributed by atoms with E-state index in [9.17, 15) is 43.2 Å². The van der Waals surface area contributed by atoms with Crippen LogP contribution in [0.25, 0.3) is 0 Å². The molecule has 0 aromatic carbocycles. The Morgan fingerprint density at radius 1 is 0.274 bits per heavy atom. The molecule has 0 radical (unpaired) electrons. The van der Waals surface area contributed by atoms with Gasteiger partial charge in [-0.25, -0.2) is 9.13 Å². The van der Waals surface area contributed by atoms with Gasteiger partial charge in [-0.2, -0.15) is 0 Å². The van der Waals surface area contributed by atoms with Gasteiger partial charge in [0.05, 0.1) is 26.4 Å². The average Bonchev–Trinajstić information content (AvgIpc) is 0.899. The van der Waals surface area contributed by atoms with Crippen molar-refractivity contribution < 1.29 is 80.2 Å². The lowest BCUT2D eigenvalue weighted by atomic mass is 9.99. The summed E-state index contributed by atoms with van der Waals surface area (Å²) in [7, 11) is -9.93. The molecule has 0 aliphatic rings. The molecule has 3 N–H and O–H groups in total. The molecule has 0 aromatic heterocycles. The van der Waals surface area contributed by atoms with Gasteiger partial charge in [0.1, 0.15) is 19.3 Å². The van der Waals surface area contributed by atoms with E-state index < -0.39 is 97.5 Å². The first-order valence-corrected chi connectivity index (χ1v) is 47.9. The fourth-order valence-corrected chi connectivity index (χ4v) is 15.1. The van der Waals surface area contributed by atoms with Crippen LogP contribution in [0.3, 0.4) is 0 Å². The molecular weight excluding hydrogens is 1380 g/mol. The lowest BCUT2D eigenvalue weighted by Gasteiger charge is -2.21. The van der Waals surface area contributed by atoms with Gasteiger partial charge in [-0.05, 0) is 43.4 Å². The molecule has 0 saturated heterocycles. The smallest absolute Gasteiger partial charge is 0.462 e. The van der Waals surface area contributed by atoms with Crippen molar-refractivity contribution in [3.8, 4) is 0 Å². The van der Waals surface area contributed by atoms with Gasteiger partial charge in [0.25, 0.3) is 0 Å². The number of ether oxygens (including phenoxy) is 4. The van der Waals surface area contributed by atoms with Crippen molar-refractivity contribution in [2.24, 2.45) is 17.8 Å². The van der Waals surface area contributed by atoms with E-state index in [1.165, 1.54) is 270 Å². The van der Waals surface area contributed by atoms with E-state index in [0.717, 1.165) is 108 Å². The number of phosphoric acid groups is 2. The first kappa shape index (κ1) is 104. The molecule has 630 valence electrons. The molecule has 0 aliphatic heterocycles. The third-order valence-corrected chi connectivity index (χ3v) is 23.0. The quantitative estimate of drug-likeness (QED) is 0.0222. The van der Waals surface area contributed by atoms with E-state index in [1.807, 2.05) is 0 Å². The number of esters is 4. The molecule has 0 aromatic rings. The molecule has 0 saturated carbocycles. The second kappa shape index (κ2) is 77.0. The van der Waals surface area contributed by atoms with Gasteiger partial charge in [0, 0.05) is 25.7 Å². The normalized spacial score (nSPS) is 14.4. The molecule has 0 amide bonds. The average molecular weight is 1550 g/mol. The monoisotopic (exact) mass is 1550 g/mol. The third-order valence-electron chi connectivity index (χ3n) is 21.1. The van der Waals surface area contributed by atoms with Crippen molar-refractivity contribution in [3.05, 3.63) is 0 Å². The molecule has 19 heteroatoms. The number of carbonyl (C=O) groups excluding carboxylic acids is 4. The molecular formula is C87H170O17P2. The summed E-state index contributed by atoms with van der Waals surface area (Å²) in [5, 5.41) is 10.7. The Balaban J connectivity index is 5.25. The van der Waals surface area contributed by atoms with Gasteiger partial charge in [0.2, 0.25) is 0 Å². The van der Waals surface area contributed by atoms with Gasteiger partial charge < -0.3 is 33.8 Å². The zero-order chi connectivity index (χ0) is 77.9. The van der Waals surface area contributed by atoms with Crippen LogP contribution in [0.15, 0.2) is 0 Å². The fourth-order valence-electron chi connectivity index (χ4n) is 13.5. The molecule has 0 fully saturated rings. The van der Waals surface area contributed by atoms with E-state index in [-0.39, 0.29) is 25.7 Å². The zero-order valence-corrected chi connectivity index (χ0v) is 71.7. The van der Waals surface area contributed by atoms with Crippen LogP contribution in [-0.2, 0) is 65.4 Å². The van der Waals surface area contributed by atoms with Crippen LogP contribution in [0.2, 0.25) is 0 Å². The highest BCUT2D eigenvalue weighted by molar-refractivity contribution is 7.47. The van der Waals surface area contributed by atoms with Crippen LogP contribution in [0.5, 0.6) is 0 Å². The molecule has 0 aliphatic carbocycles. The minimum Gasteiger partial charge on any atom is -0.462 e. The van der Waals surface area contributed by atoms with E-state index in [0.29, 0.717) is 25.7 Å². The van der Waals surface area contributed by atoms with Gasteiger partial charge >= 0.3 is 39.5 Å². The molecule has 0 rings (SSSR count). The van der Waals surface area contributed by atoms with Crippen LogP contribution < -0.4 is 0 Å². The number of hydrogen-bond donors (Lipinski definition) is 3. The Bertz CT molecular complexity index is 2050. The van der Waals surface area contributed by atoms with Crippen molar-refractivity contribution in [3.63, 3.8) is 0 Å². The number of aliphatic hydroxyl groups is 1. The largest absolute Gasteiger partial charge is 0.472 e. The Hall–Kier alpha value is -1.94. The number of hydrogen-bond acceptors (Lipinski definition) is 15. The Labute approximate surface area is 651 Å². The number of carbonyl (C=O) groups is 4. The lowest BCUT2D eigenvalue weighted by molar-refractivity contribution is -0.161. The summed E-state index contributed by atoms with van der Waals surface area (Å²) in [5.74, 6) is 0.288. The summed E-state index contributed by atoms with van der Waals surface area (Å²) < 4.78 is 68.9.